The number of nitrogens with zero attached hydrogens (tertiary/aromatic N) is 2. The summed E-state index contributed by atoms with van der Waals surface area (Å²) in [4.78, 5) is 4.42. The van der Waals surface area contributed by atoms with Crippen molar-refractivity contribution in [3.05, 3.63) is 0 Å². The lowest BCUT2D eigenvalue weighted by molar-refractivity contribution is -0.0769. The van der Waals surface area contributed by atoms with Crippen molar-refractivity contribution in [3.8, 4) is 0 Å². The lowest BCUT2D eigenvalue weighted by Gasteiger charge is -2.35. The molecule has 0 aromatic heterocycles. The number of aliphatic hydroxyl groups is 1. The lowest BCUT2D eigenvalue weighted by atomic mass is 9.94. The van der Waals surface area contributed by atoms with E-state index in [-0.39, 0.29) is 0 Å². The Morgan fingerprint density at radius 3 is 2.31 bits per heavy atom. The number of rotatable bonds is 6. The van der Waals surface area contributed by atoms with E-state index >= 15 is 0 Å². The van der Waals surface area contributed by atoms with E-state index in [1.54, 1.807) is 0 Å². The smallest absolute Gasteiger partial charge is 0.0817 e. The molecular weight excluding hydrogens is 204 g/mol. The molecule has 0 bridgehead atoms. The highest BCUT2D eigenvalue weighted by Crippen LogP contribution is 2.21. The first-order chi connectivity index (χ1) is 7.52. The largest absolute Gasteiger partial charge is 0.388 e. The Labute approximate surface area is 99.2 Å². The zero-order chi connectivity index (χ0) is 12.0. The van der Waals surface area contributed by atoms with E-state index in [1.807, 2.05) is 0 Å². The summed E-state index contributed by atoms with van der Waals surface area (Å²) in [6.07, 6.45) is 2.69. The van der Waals surface area contributed by atoms with E-state index in [0.29, 0.717) is 13.2 Å². The van der Waals surface area contributed by atoms with Crippen LogP contribution in [0.25, 0.3) is 0 Å². The van der Waals surface area contributed by atoms with Crippen LogP contribution in [0.5, 0.6) is 0 Å². The van der Waals surface area contributed by atoms with Crippen LogP contribution in [0.4, 0.5) is 0 Å². The molecular formula is C12H26N2O2. The Morgan fingerprint density at radius 1 is 1.12 bits per heavy atom. The average molecular weight is 230 g/mol. The first kappa shape index (κ1) is 13.9. The van der Waals surface area contributed by atoms with Crippen LogP contribution in [0, 0.1) is 0 Å². The van der Waals surface area contributed by atoms with Crippen LogP contribution in [-0.2, 0) is 4.74 Å². The third-order valence-corrected chi connectivity index (χ3v) is 3.13. The Balaban J connectivity index is 2.19. The topological polar surface area (TPSA) is 35.9 Å². The second-order valence-corrected chi connectivity index (χ2v) is 5.23. The first-order valence-electron chi connectivity index (χ1n) is 6.15. The minimum Gasteiger partial charge on any atom is -0.388 e. The molecule has 4 heteroatoms. The van der Waals surface area contributed by atoms with Crippen LogP contribution >= 0.6 is 0 Å². The second-order valence-electron chi connectivity index (χ2n) is 5.23. The van der Waals surface area contributed by atoms with Gasteiger partial charge in [-0.05, 0) is 40.7 Å². The van der Waals surface area contributed by atoms with Crippen molar-refractivity contribution in [3.63, 3.8) is 0 Å². The van der Waals surface area contributed by atoms with Crippen molar-refractivity contribution in [2.24, 2.45) is 0 Å². The Kier molecular flexibility index (Phi) is 5.69. The van der Waals surface area contributed by atoms with Gasteiger partial charge in [0.15, 0.2) is 0 Å². The molecule has 1 saturated heterocycles. The SMILES string of the molecule is CN(C)CCCN(C)CC1(O)CCOCC1. The summed E-state index contributed by atoms with van der Waals surface area (Å²) in [6, 6.07) is 0. The number of hydrogen-bond acceptors (Lipinski definition) is 4. The quantitative estimate of drug-likeness (QED) is 0.717. The van der Waals surface area contributed by atoms with Gasteiger partial charge in [-0.3, -0.25) is 0 Å². The molecule has 0 atom stereocenters. The molecule has 1 aliphatic rings. The van der Waals surface area contributed by atoms with Crippen molar-refractivity contribution < 1.29 is 9.84 Å². The van der Waals surface area contributed by atoms with Gasteiger partial charge >= 0.3 is 0 Å². The highest BCUT2D eigenvalue weighted by Gasteiger charge is 2.30. The molecule has 0 spiro atoms. The summed E-state index contributed by atoms with van der Waals surface area (Å²) in [5, 5.41) is 10.3. The van der Waals surface area contributed by atoms with Crippen LogP contribution in [0.15, 0.2) is 0 Å². The van der Waals surface area contributed by atoms with Gasteiger partial charge in [0.1, 0.15) is 0 Å². The molecule has 1 heterocycles. The van der Waals surface area contributed by atoms with Crippen LogP contribution in [-0.4, -0.2) is 74.5 Å². The summed E-state index contributed by atoms with van der Waals surface area (Å²) in [7, 11) is 6.26. The van der Waals surface area contributed by atoms with Gasteiger partial charge in [-0.25, -0.2) is 0 Å². The maximum Gasteiger partial charge on any atom is 0.0817 e. The number of hydrogen-bond donors (Lipinski definition) is 1. The average Bonchev–Trinajstić information content (AvgIpc) is 2.17. The van der Waals surface area contributed by atoms with Gasteiger partial charge in [0.05, 0.1) is 5.60 Å². The molecule has 16 heavy (non-hydrogen) atoms. The molecule has 1 aliphatic heterocycles. The molecule has 0 unspecified atom stereocenters. The summed E-state index contributed by atoms with van der Waals surface area (Å²) < 4.78 is 5.27. The highest BCUT2D eigenvalue weighted by atomic mass is 16.5. The molecule has 96 valence electrons. The fourth-order valence-corrected chi connectivity index (χ4v) is 2.15. The van der Waals surface area contributed by atoms with Crippen LogP contribution < -0.4 is 0 Å². The molecule has 1 N–H and O–H groups in total. The van der Waals surface area contributed by atoms with Crippen molar-refractivity contribution in [1.82, 2.24) is 9.80 Å². The van der Waals surface area contributed by atoms with Crippen LogP contribution in [0.1, 0.15) is 19.3 Å². The molecule has 1 fully saturated rings. The Bertz CT molecular complexity index is 191. The summed E-state index contributed by atoms with van der Waals surface area (Å²) in [6.45, 7) is 4.31. The summed E-state index contributed by atoms with van der Waals surface area (Å²) in [5.74, 6) is 0. The van der Waals surface area contributed by atoms with E-state index < -0.39 is 5.60 Å². The summed E-state index contributed by atoms with van der Waals surface area (Å²) in [5.41, 5.74) is -0.523. The lowest BCUT2D eigenvalue weighted by Crippen LogP contribution is -2.46. The fourth-order valence-electron chi connectivity index (χ4n) is 2.15. The minimum absolute atomic E-state index is 0.523. The van der Waals surface area contributed by atoms with Gasteiger partial charge in [0, 0.05) is 32.6 Å². The van der Waals surface area contributed by atoms with E-state index in [9.17, 15) is 5.11 Å². The third-order valence-electron chi connectivity index (χ3n) is 3.13. The first-order valence-corrected chi connectivity index (χ1v) is 6.15. The van der Waals surface area contributed by atoms with Crippen LogP contribution in [0.2, 0.25) is 0 Å². The van der Waals surface area contributed by atoms with Crippen molar-refractivity contribution in [1.29, 1.82) is 0 Å². The molecule has 0 aromatic carbocycles. The van der Waals surface area contributed by atoms with Gasteiger partial charge in [0.25, 0.3) is 0 Å². The van der Waals surface area contributed by atoms with E-state index in [2.05, 4.69) is 30.9 Å². The van der Waals surface area contributed by atoms with E-state index in [0.717, 1.165) is 38.9 Å². The molecule has 0 saturated carbocycles. The van der Waals surface area contributed by atoms with Crippen molar-refractivity contribution in [2.75, 3.05) is 54.0 Å². The monoisotopic (exact) mass is 230 g/mol. The van der Waals surface area contributed by atoms with Gasteiger partial charge in [-0.15, -0.1) is 0 Å². The number of likely N-dealkylation sites (N-methyl/N-ethyl adjacent to an activating group) is 1. The Morgan fingerprint density at radius 2 is 1.75 bits per heavy atom. The predicted octanol–water partition coefficient (Wildman–Crippen LogP) is 0.411. The maximum atomic E-state index is 10.3. The molecule has 0 aromatic rings. The second kappa shape index (κ2) is 6.55. The van der Waals surface area contributed by atoms with Gasteiger partial charge in [-0.2, -0.15) is 0 Å². The molecule has 0 radical (unpaired) electrons. The van der Waals surface area contributed by atoms with Gasteiger partial charge in [-0.1, -0.05) is 0 Å². The number of ether oxygens (including phenoxy) is 1. The fraction of sp³-hybridized carbons (Fsp3) is 1.00. The Hall–Kier alpha value is -0.160. The predicted molar refractivity (Wildman–Crippen MR) is 65.7 cm³/mol. The van der Waals surface area contributed by atoms with Crippen molar-refractivity contribution in [2.45, 2.75) is 24.9 Å². The van der Waals surface area contributed by atoms with Crippen LogP contribution in [0.3, 0.4) is 0 Å². The van der Waals surface area contributed by atoms with Gasteiger partial charge in [0.2, 0.25) is 0 Å². The van der Waals surface area contributed by atoms with E-state index in [4.69, 9.17) is 4.74 Å². The standard InChI is InChI=1S/C12H26N2O2/c1-13(2)7-4-8-14(3)11-12(15)5-9-16-10-6-12/h15H,4-11H2,1-3H3. The minimum atomic E-state index is -0.523. The van der Waals surface area contributed by atoms with Gasteiger partial charge < -0.3 is 19.6 Å². The van der Waals surface area contributed by atoms with Crippen molar-refractivity contribution >= 4 is 0 Å². The third kappa shape index (κ3) is 5.25. The zero-order valence-corrected chi connectivity index (χ0v) is 10.9. The molecule has 4 nitrogen and oxygen atoms in total. The normalized spacial score (nSPS) is 20.6. The molecule has 1 rings (SSSR count). The summed E-state index contributed by atoms with van der Waals surface area (Å²) >= 11 is 0. The van der Waals surface area contributed by atoms with E-state index in [1.165, 1.54) is 0 Å². The zero-order valence-electron chi connectivity index (χ0n) is 10.9. The highest BCUT2D eigenvalue weighted by molar-refractivity contribution is 4.83. The molecule has 0 amide bonds. The molecule has 0 aliphatic carbocycles. The maximum absolute atomic E-state index is 10.3.